The van der Waals surface area contributed by atoms with E-state index in [-0.39, 0.29) is 5.91 Å². The Morgan fingerprint density at radius 2 is 2.60 bits per heavy atom. The molecular formula is C6H6N2OS. The van der Waals surface area contributed by atoms with Gasteiger partial charge in [0.2, 0.25) is 0 Å². The van der Waals surface area contributed by atoms with Gasteiger partial charge < -0.3 is 5.32 Å². The van der Waals surface area contributed by atoms with Crippen molar-refractivity contribution in [1.82, 2.24) is 5.32 Å². The topological polar surface area (TPSA) is 53.0 Å². The Morgan fingerprint density at radius 1 is 1.80 bits per heavy atom. The standard InChI is InChI=1S/C6H6N2OS/c7-4-8-6(9)5-2-1-3-10-5/h1-4H,(H2,7,8,9). The largest absolute Gasteiger partial charge is 0.313 e. The van der Waals surface area contributed by atoms with Gasteiger partial charge in [-0.1, -0.05) is 6.07 Å². The van der Waals surface area contributed by atoms with Crippen LogP contribution in [0.25, 0.3) is 0 Å². The van der Waals surface area contributed by atoms with E-state index in [1.54, 1.807) is 12.1 Å². The van der Waals surface area contributed by atoms with E-state index in [2.05, 4.69) is 5.32 Å². The Hall–Kier alpha value is -1.16. The first-order chi connectivity index (χ1) is 4.84. The predicted octanol–water partition coefficient (Wildman–Crippen LogP) is 1.08. The van der Waals surface area contributed by atoms with Crippen molar-refractivity contribution in [2.45, 2.75) is 0 Å². The first-order valence-electron chi connectivity index (χ1n) is 2.68. The molecule has 4 heteroatoms. The van der Waals surface area contributed by atoms with Crippen molar-refractivity contribution in [3.05, 3.63) is 22.4 Å². The van der Waals surface area contributed by atoms with Gasteiger partial charge in [-0.2, -0.15) is 0 Å². The lowest BCUT2D eigenvalue weighted by Crippen LogP contribution is -2.19. The van der Waals surface area contributed by atoms with Crippen LogP contribution >= 0.6 is 11.3 Å². The highest BCUT2D eigenvalue weighted by Crippen LogP contribution is 2.06. The van der Waals surface area contributed by atoms with Gasteiger partial charge in [0.25, 0.3) is 5.91 Å². The highest BCUT2D eigenvalue weighted by molar-refractivity contribution is 7.12. The zero-order valence-corrected chi connectivity index (χ0v) is 5.94. The molecule has 0 saturated heterocycles. The van der Waals surface area contributed by atoms with Crippen molar-refractivity contribution in [2.75, 3.05) is 0 Å². The number of nitrogens with one attached hydrogen (secondary N) is 2. The van der Waals surface area contributed by atoms with Crippen molar-refractivity contribution >= 4 is 23.6 Å². The number of thiophene rings is 1. The summed E-state index contributed by atoms with van der Waals surface area (Å²) in [5.41, 5.74) is 0. The lowest BCUT2D eigenvalue weighted by molar-refractivity contribution is 0.0982. The van der Waals surface area contributed by atoms with Crippen LogP contribution in [-0.4, -0.2) is 12.2 Å². The summed E-state index contributed by atoms with van der Waals surface area (Å²) in [6.45, 7) is 0. The molecule has 3 nitrogen and oxygen atoms in total. The molecule has 1 aromatic rings. The summed E-state index contributed by atoms with van der Waals surface area (Å²) in [4.78, 5) is 11.5. The molecule has 1 heterocycles. The van der Waals surface area contributed by atoms with Gasteiger partial charge in [0.15, 0.2) is 0 Å². The summed E-state index contributed by atoms with van der Waals surface area (Å²) >= 11 is 1.36. The molecule has 1 rings (SSSR count). The Labute approximate surface area is 62.2 Å². The van der Waals surface area contributed by atoms with Crippen molar-refractivity contribution in [2.24, 2.45) is 0 Å². The van der Waals surface area contributed by atoms with Crippen LogP contribution in [0.1, 0.15) is 9.67 Å². The summed E-state index contributed by atoms with van der Waals surface area (Å²) in [6, 6.07) is 3.51. The van der Waals surface area contributed by atoms with Crippen molar-refractivity contribution in [1.29, 1.82) is 5.41 Å². The van der Waals surface area contributed by atoms with E-state index >= 15 is 0 Å². The number of carbonyl (C=O) groups is 1. The molecular weight excluding hydrogens is 148 g/mol. The molecule has 0 aromatic carbocycles. The van der Waals surface area contributed by atoms with E-state index < -0.39 is 0 Å². The average Bonchev–Trinajstić information content (AvgIpc) is 2.38. The van der Waals surface area contributed by atoms with Crippen LogP contribution in [0.15, 0.2) is 17.5 Å². The van der Waals surface area contributed by atoms with Crippen molar-refractivity contribution in [3.8, 4) is 0 Å². The van der Waals surface area contributed by atoms with E-state index in [0.717, 1.165) is 6.34 Å². The number of amides is 1. The van der Waals surface area contributed by atoms with Crippen LogP contribution < -0.4 is 5.32 Å². The van der Waals surface area contributed by atoms with Crippen LogP contribution in [0.2, 0.25) is 0 Å². The van der Waals surface area contributed by atoms with Crippen LogP contribution in [0.3, 0.4) is 0 Å². The third-order valence-corrected chi connectivity index (χ3v) is 1.82. The molecule has 0 fully saturated rings. The monoisotopic (exact) mass is 154 g/mol. The van der Waals surface area contributed by atoms with E-state index in [0.29, 0.717) is 4.88 Å². The molecule has 1 amide bonds. The molecule has 10 heavy (non-hydrogen) atoms. The number of rotatable bonds is 2. The fourth-order valence-electron chi connectivity index (χ4n) is 0.544. The van der Waals surface area contributed by atoms with E-state index in [9.17, 15) is 4.79 Å². The Bertz CT molecular complexity index is 230. The van der Waals surface area contributed by atoms with E-state index in [1.165, 1.54) is 11.3 Å². The van der Waals surface area contributed by atoms with Gasteiger partial charge in [-0.25, -0.2) is 0 Å². The Kier molecular flexibility index (Phi) is 2.17. The summed E-state index contributed by atoms with van der Waals surface area (Å²) in [7, 11) is 0. The molecule has 0 aliphatic rings. The van der Waals surface area contributed by atoms with Crippen LogP contribution in [-0.2, 0) is 0 Å². The molecule has 1 aromatic heterocycles. The first-order valence-corrected chi connectivity index (χ1v) is 3.56. The highest BCUT2D eigenvalue weighted by atomic mass is 32.1. The summed E-state index contributed by atoms with van der Waals surface area (Å²) in [5, 5.41) is 10.7. The molecule has 0 radical (unpaired) electrons. The number of hydrogen-bond acceptors (Lipinski definition) is 3. The molecule has 0 aliphatic heterocycles. The second-order valence-electron chi connectivity index (χ2n) is 1.60. The van der Waals surface area contributed by atoms with Crippen LogP contribution in [0.4, 0.5) is 0 Å². The lowest BCUT2D eigenvalue weighted by Gasteiger charge is -1.91. The molecule has 0 spiro atoms. The SMILES string of the molecule is N=CNC(=O)c1cccs1. The summed E-state index contributed by atoms with van der Waals surface area (Å²) in [6.07, 6.45) is 0.877. The quantitative estimate of drug-likeness (QED) is 0.486. The summed E-state index contributed by atoms with van der Waals surface area (Å²) in [5.74, 6) is -0.218. The van der Waals surface area contributed by atoms with Crippen LogP contribution in [0.5, 0.6) is 0 Å². The maximum Gasteiger partial charge on any atom is 0.266 e. The molecule has 0 unspecified atom stereocenters. The molecule has 0 bridgehead atoms. The zero-order valence-electron chi connectivity index (χ0n) is 5.13. The second-order valence-corrected chi connectivity index (χ2v) is 2.54. The Morgan fingerprint density at radius 3 is 3.10 bits per heavy atom. The minimum absolute atomic E-state index is 0.218. The lowest BCUT2D eigenvalue weighted by atomic mass is 10.4. The number of carbonyl (C=O) groups excluding carboxylic acids is 1. The van der Waals surface area contributed by atoms with E-state index in [4.69, 9.17) is 5.41 Å². The molecule has 0 atom stereocenters. The van der Waals surface area contributed by atoms with E-state index in [1.807, 2.05) is 5.38 Å². The fraction of sp³-hybridized carbons (Fsp3) is 0. The van der Waals surface area contributed by atoms with Crippen molar-refractivity contribution < 1.29 is 4.79 Å². The average molecular weight is 154 g/mol. The van der Waals surface area contributed by atoms with Crippen molar-refractivity contribution in [3.63, 3.8) is 0 Å². The minimum atomic E-state index is -0.218. The normalized spacial score (nSPS) is 8.80. The Balaban J connectivity index is 2.68. The van der Waals surface area contributed by atoms with Gasteiger partial charge in [-0.05, 0) is 11.4 Å². The predicted molar refractivity (Wildman–Crippen MR) is 40.6 cm³/mol. The molecule has 0 aliphatic carbocycles. The maximum absolute atomic E-state index is 10.9. The smallest absolute Gasteiger partial charge is 0.266 e. The number of hydrogen-bond donors (Lipinski definition) is 2. The highest BCUT2D eigenvalue weighted by Gasteiger charge is 2.01. The molecule has 52 valence electrons. The zero-order chi connectivity index (χ0) is 7.40. The minimum Gasteiger partial charge on any atom is -0.313 e. The van der Waals surface area contributed by atoms with Crippen LogP contribution in [0, 0.1) is 5.41 Å². The maximum atomic E-state index is 10.9. The molecule has 0 saturated carbocycles. The summed E-state index contributed by atoms with van der Waals surface area (Å²) < 4.78 is 0. The third-order valence-electron chi connectivity index (χ3n) is 0.948. The third kappa shape index (κ3) is 1.41. The van der Waals surface area contributed by atoms with Gasteiger partial charge in [0, 0.05) is 0 Å². The fourth-order valence-corrected chi connectivity index (χ4v) is 1.17. The van der Waals surface area contributed by atoms with Gasteiger partial charge >= 0.3 is 0 Å². The van der Waals surface area contributed by atoms with Gasteiger partial charge in [-0.3, -0.25) is 10.2 Å². The van der Waals surface area contributed by atoms with Gasteiger partial charge in [-0.15, -0.1) is 11.3 Å². The molecule has 2 N–H and O–H groups in total. The van der Waals surface area contributed by atoms with Gasteiger partial charge in [0.1, 0.15) is 0 Å². The van der Waals surface area contributed by atoms with Gasteiger partial charge in [0.05, 0.1) is 11.2 Å². The second kappa shape index (κ2) is 3.12. The first kappa shape index (κ1) is 6.95.